The molecular weight excluding hydrogens is 200 g/mol. The van der Waals surface area contributed by atoms with Crippen molar-refractivity contribution < 1.29 is 4.74 Å². The molecule has 1 aliphatic heterocycles. The van der Waals surface area contributed by atoms with E-state index in [2.05, 4.69) is 16.4 Å². The number of nitrogens with one attached hydrogen (secondary N) is 1. The van der Waals surface area contributed by atoms with Gasteiger partial charge < -0.3 is 10.1 Å². The van der Waals surface area contributed by atoms with Crippen LogP contribution in [0, 0.1) is 0 Å². The first-order chi connectivity index (χ1) is 7.90. The largest absolute Gasteiger partial charge is 0.492 e. The number of hydrogen-bond acceptors (Lipinski definition) is 3. The molecule has 0 aromatic carbocycles. The van der Waals surface area contributed by atoms with E-state index < -0.39 is 0 Å². The summed E-state index contributed by atoms with van der Waals surface area (Å²) in [5, 5.41) is 3.57. The van der Waals surface area contributed by atoms with Crippen LogP contribution in [0.25, 0.3) is 0 Å². The lowest BCUT2D eigenvalue weighted by molar-refractivity contribution is 0.337. The summed E-state index contributed by atoms with van der Waals surface area (Å²) in [5.41, 5.74) is 1.26. The summed E-state index contributed by atoms with van der Waals surface area (Å²) in [6, 6.07) is 2.56. The van der Waals surface area contributed by atoms with Crippen LogP contribution in [0.15, 0.2) is 18.5 Å². The standard InChI is InChI=1S/C13H20N2O/c1-2-16-12-8-11(9-14-10-12)13-6-4-3-5-7-15-13/h8-10,13,15H,2-7H2,1H3. The molecule has 88 valence electrons. The summed E-state index contributed by atoms with van der Waals surface area (Å²) in [7, 11) is 0. The zero-order valence-electron chi connectivity index (χ0n) is 9.91. The minimum atomic E-state index is 0.454. The first kappa shape index (κ1) is 11.4. The Kier molecular flexibility index (Phi) is 4.17. The molecule has 1 N–H and O–H groups in total. The number of hydrogen-bond donors (Lipinski definition) is 1. The smallest absolute Gasteiger partial charge is 0.137 e. The minimum absolute atomic E-state index is 0.454. The van der Waals surface area contributed by atoms with Crippen LogP contribution in [-0.4, -0.2) is 18.1 Å². The zero-order chi connectivity index (χ0) is 11.2. The van der Waals surface area contributed by atoms with Gasteiger partial charge in [-0.15, -0.1) is 0 Å². The molecule has 1 aliphatic rings. The average molecular weight is 220 g/mol. The number of aromatic nitrogens is 1. The molecule has 0 radical (unpaired) electrons. The third-order valence-electron chi connectivity index (χ3n) is 3.01. The summed E-state index contributed by atoms with van der Waals surface area (Å²) in [5.74, 6) is 0.881. The summed E-state index contributed by atoms with van der Waals surface area (Å²) in [6.45, 7) is 3.81. The highest BCUT2D eigenvalue weighted by molar-refractivity contribution is 5.26. The van der Waals surface area contributed by atoms with E-state index in [1.54, 1.807) is 6.20 Å². The minimum Gasteiger partial charge on any atom is -0.492 e. The SMILES string of the molecule is CCOc1cncc(C2CCCCCN2)c1. The highest BCUT2D eigenvalue weighted by Crippen LogP contribution is 2.24. The van der Waals surface area contributed by atoms with Crippen molar-refractivity contribution in [2.24, 2.45) is 0 Å². The number of rotatable bonds is 3. The van der Waals surface area contributed by atoms with Crippen molar-refractivity contribution in [2.75, 3.05) is 13.2 Å². The van der Waals surface area contributed by atoms with Crippen molar-refractivity contribution >= 4 is 0 Å². The van der Waals surface area contributed by atoms with Gasteiger partial charge in [-0.05, 0) is 37.9 Å². The number of nitrogens with zero attached hydrogens (tertiary/aromatic N) is 1. The summed E-state index contributed by atoms with van der Waals surface area (Å²) >= 11 is 0. The maximum atomic E-state index is 5.48. The van der Waals surface area contributed by atoms with Crippen molar-refractivity contribution in [3.63, 3.8) is 0 Å². The summed E-state index contributed by atoms with van der Waals surface area (Å²) in [6.07, 6.45) is 8.86. The van der Waals surface area contributed by atoms with Gasteiger partial charge in [0.15, 0.2) is 0 Å². The monoisotopic (exact) mass is 220 g/mol. The van der Waals surface area contributed by atoms with Gasteiger partial charge in [0, 0.05) is 12.2 Å². The third kappa shape index (κ3) is 2.95. The summed E-state index contributed by atoms with van der Waals surface area (Å²) < 4.78 is 5.48. The lowest BCUT2D eigenvalue weighted by Crippen LogP contribution is -2.20. The van der Waals surface area contributed by atoms with Gasteiger partial charge in [-0.3, -0.25) is 4.98 Å². The van der Waals surface area contributed by atoms with E-state index in [1.165, 1.54) is 31.2 Å². The van der Waals surface area contributed by atoms with E-state index in [0.29, 0.717) is 12.6 Å². The van der Waals surface area contributed by atoms with E-state index in [0.717, 1.165) is 12.3 Å². The molecule has 1 unspecified atom stereocenters. The molecule has 1 aromatic rings. The van der Waals surface area contributed by atoms with Crippen LogP contribution in [0.1, 0.15) is 44.2 Å². The lowest BCUT2D eigenvalue weighted by Gasteiger charge is -2.16. The van der Waals surface area contributed by atoms with Crippen LogP contribution < -0.4 is 10.1 Å². The predicted molar refractivity (Wildman–Crippen MR) is 64.6 cm³/mol. The van der Waals surface area contributed by atoms with Gasteiger partial charge >= 0.3 is 0 Å². The van der Waals surface area contributed by atoms with Crippen LogP contribution in [0.2, 0.25) is 0 Å². The van der Waals surface area contributed by atoms with Crippen molar-refractivity contribution in [2.45, 2.75) is 38.6 Å². The molecule has 0 aliphatic carbocycles. The number of pyridine rings is 1. The molecule has 0 saturated carbocycles. The van der Waals surface area contributed by atoms with Gasteiger partial charge in [-0.2, -0.15) is 0 Å². The molecule has 0 bridgehead atoms. The van der Waals surface area contributed by atoms with Crippen molar-refractivity contribution in [1.29, 1.82) is 0 Å². The van der Waals surface area contributed by atoms with Gasteiger partial charge in [0.25, 0.3) is 0 Å². The molecule has 1 fully saturated rings. The fraction of sp³-hybridized carbons (Fsp3) is 0.615. The molecule has 1 saturated heterocycles. The molecule has 16 heavy (non-hydrogen) atoms. The van der Waals surface area contributed by atoms with Gasteiger partial charge in [-0.25, -0.2) is 0 Å². The van der Waals surface area contributed by atoms with E-state index in [9.17, 15) is 0 Å². The number of ether oxygens (including phenoxy) is 1. The van der Waals surface area contributed by atoms with Crippen LogP contribution in [0.3, 0.4) is 0 Å². The molecule has 3 heteroatoms. The van der Waals surface area contributed by atoms with E-state index in [-0.39, 0.29) is 0 Å². The summed E-state index contributed by atoms with van der Waals surface area (Å²) in [4.78, 5) is 4.24. The Labute approximate surface area is 97.2 Å². The Balaban J connectivity index is 2.08. The topological polar surface area (TPSA) is 34.1 Å². The molecule has 2 rings (SSSR count). The maximum Gasteiger partial charge on any atom is 0.137 e. The van der Waals surface area contributed by atoms with Crippen LogP contribution in [0.4, 0.5) is 0 Å². The average Bonchev–Trinajstić information content (AvgIpc) is 2.58. The zero-order valence-corrected chi connectivity index (χ0v) is 9.91. The lowest BCUT2D eigenvalue weighted by atomic mass is 10.0. The van der Waals surface area contributed by atoms with E-state index in [1.807, 2.05) is 13.1 Å². The van der Waals surface area contributed by atoms with Crippen molar-refractivity contribution in [3.8, 4) is 5.75 Å². The molecule has 0 spiro atoms. The maximum absolute atomic E-state index is 5.48. The second-order valence-corrected chi connectivity index (χ2v) is 4.24. The van der Waals surface area contributed by atoms with Crippen molar-refractivity contribution in [1.82, 2.24) is 10.3 Å². The Morgan fingerprint density at radius 3 is 3.19 bits per heavy atom. The molecule has 1 atom stereocenters. The Hall–Kier alpha value is -1.09. The highest BCUT2D eigenvalue weighted by Gasteiger charge is 2.14. The quantitative estimate of drug-likeness (QED) is 0.850. The molecular formula is C13H20N2O. The molecule has 0 amide bonds. The third-order valence-corrected chi connectivity index (χ3v) is 3.01. The highest BCUT2D eigenvalue weighted by atomic mass is 16.5. The molecule has 3 nitrogen and oxygen atoms in total. The van der Waals surface area contributed by atoms with Crippen molar-refractivity contribution in [3.05, 3.63) is 24.0 Å². The van der Waals surface area contributed by atoms with Crippen LogP contribution >= 0.6 is 0 Å². The van der Waals surface area contributed by atoms with Gasteiger partial charge in [0.1, 0.15) is 5.75 Å². The fourth-order valence-electron chi connectivity index (χ4n) is 2.18. The van der Waals surface area contributed by atoms with E-state index in [4.69, 9.17) is 4.74 Å². The van der Waals surface area contributed by atoms with Gasteiger partial charge in [0.05, 0.1) is 12.8 Å². The second kappa shape index (κ2) is 5.85. The predicted octanol–water partition coefficient (Wildman–Crippen LogP) is 2.69. The second-order valence-electron chi connectivity index (χ2n) is 4.24. The first-order valence-electron chi connectivity index (χ1n) is 6.21. The Bertz CT molecular complexity index is 319. The van der Waals surface area contributed by atoms with Gasteiger partial charge in [0.2, 0.25) is 0 Å². The van der Waals surface area contributed by atoms with E-state index >= 15 is 0 Å². The fourth-order valence-corrected chi connectivity index (χ4v) is 2.18. The Morgan fingerprint density at radius 1 is 1.38 bits per heavy atom. The molecule has 2 heterocycles. The van der Waals surface area contributed by atoms with Crippen LogP contribution in [-0.2, 0) is 0 Å². The van der Waals surface area contributed by atoms with Crippen LogP contribution in [0.5, 0.6) is 5.75 Å². The normalized spacial score (nSPS) is 21.4. The molecule has 1 aromatic heterocycles. The Morgan fingerprint density at radius 2 is 2.31 bits per heavy atom. The first-order valence-corrected chi connectivity index (χ1v) is 6.21. The van der Waals surface area contributed by atoms with Gasteiger partial charge in [-0.1, -0.05) is 12.8 Å².